The van der Waals surface area contributed by atoms with Crippen molar-refractivity contribution in [2.45, 2.75) is 6.54 Å². The van der Waals surface area contributed by atoms with E-state index in [1.54, 1.807) is 40.3 Å². The summed E-state index contributed by atoms with van der Waals surface area (Å²) in [5.41, 5.74) is 1.47. The molecule has 0 aliphatic heterocycles. The van der Waals surface area contributed by atoms with Crippen LogP contribution in [0, 0.1) is 0 Å². The Morgan fingerprint density at radius 2 is 2.00 bits per heavy atom. The van der Waals surface area contributed by atoms with Crippen LogP contribution >= 0.6 is 22.9 Å². The number of Topliss-reactive ketones (excluding diaryl/α,β-unsaturated/α-hetero) is 1. The van der Waals surface area contributed by atoms with Crippen LogP contribution < -0.4 is 0 Å². The van der Waals surface area contributed by atoms with Gasteiger partial charge in [-0.1, -0.05) is 17.7 Å². The predicted octanol–water partition coefficient (Wildman–Crippen LogP) is 4.65. The number of rotatable bonds is 5. The molecule has 1 aromatic carbocycles. The second-order valence-corrected chi connectivity index (χ2v) is 6.13. The van der Waals surface area contributed by atoms with Gasteiger partial charge >= 0.3 is 0 Å². The minimum atomic E-state index is 0.00792. The van der Waals surface area contributed by atoms with E-state index in [0.29, 0.717) is 10.6 Å². The van der Waals surface area contributed by atoms with E-state index < -0.39 is 0 Å². The summed E-state index contributed by atoms with van der Waals surface area (Å²) < 4.78 is 1.64. The van der Waals surface area contributed by atoms with E-state index in [0.717, 1.165) is 5.69 Å². The minimum Gasteiger partial charge on any atom is -0.292 e. The number of halogens is 1. The van der Waals surface area contributed by atoms with Crippen LogP contribution in [0.5, 0.6) is 0 Å². The summed E-state index contributed by atoms with van der Waals surface area (Å²) in [7, 11) is 0. The van der Waals surface area contributed by atoms with Gasteiger partial charge in [0.05, 0.1) is 5.69 Å². The zero-order valence-electron chi connectivity index (χ0n) is 11.6. The van der Waals surface area contributed by atoms with Crippen LogP contribution in [0.3, 0.4) is 0 Å². The maximum absolute atomic E-state index is 12.2. The predicted molar refractivity (Wildman–Crippen MR) is 91.3 cm³/mol. The third-order valence-corrected chi connectivity index (χ3v) is 4.18. The summed E-state index contributed by atoms with van der Waals surface area (Å²) in [6.07, 6.45) is 5.76. The Morgan fingerprint density at radius 3 is 2.73 bits per heavy atom. The molecule has 0 amide bonds. The van der Waals surface area contributed by atoms with Gasteiger partial charge in [-0.2, -0.15) is 5.10 Å². The van der Waals surface area contributed by atoms with Gasteiger partial charge in [0.1, 0.15) is 6.54 Å². The molecule has 2 aromatic heterocycles. The number of hydrogen-bond donors (Lipinski definition) is 0. The highest BCUT2D eigenvalue weighted by Gasteiger charge is 2.07. The first kappa shape index (κ1) is 14.8. The molecule has 0 spiro atoms. The van der Waals surface area contributed by atoms with Crippen molar-refractivity contribution in [3.8, 4) is 0 Å². The number of ketones is 1. The summed E-state index contributed by atoms with van der Waals surface area (Å²) in [5.74, 6) is 0.00792. The summed E-state index contributed by atoms with van der Waals surface area (Å²) in [4.78, 5) is 13.3. The number of benzene rings is 1. The normalized spacial score (nSPS) is 11.1. The molecular weight excluding hydrogens is 316 g/mol. The Balaban J connectivity index is 1.66. The Bertz CT molecular complexity index is 788. The molecule has 0 aliphatic carbocycles. The molecule has 3 rings (SSSR count). The Labute approximate surface area is 137 Å². The molecule has 110 valence electrons. The molecule has 0 unspecified atom stereocenters. The van der Waals surface area contributed by atoms with Gasteiger partial charge in [0.2, 0.25) is 0 Å². The minimum absolute atomic E-state index is 0.00792. The Hall–Kier alpha value is -2.17. The first-order chi connectivity index (χ1) is 10.7. The first-order valence-corrected chi connectivity index (χ1v) is 8.00. The van der Waals surface area contributed by atoms with E-state index in [4.69, 9.17) is 11.6 Å². The van der Waals surface area contributed by atoms with E-state index >= 15 is 0 Å². The van der Waals surface area contributed by atoms with Crippen molar-refractivity contribution in [3.05, 3.63) is 75.2 Å². The lowest BCUT2D eigenvalue weighted by Crippen LogP contribution is -2.10. The van der Waals surface area contributed by atoms with E-state index in [1.807, 2.05) is 41.9 Å². The molecule has 0 saturated carbocycles. The number of hydrogen-bond acceptors (Lipinski definition) is 3. The highest BCUT2D eigenvalue weighted by molar-refractivity contribution is 7.10. The molecule has 0 saturated heterocycles. The van der Waals surface area contributed by atoms with Crippen molar-refractivity contribution >= 4 is 40.9 Å². The second kappa shape index (κ2) is 6.73. The number of thiophene rings is 1. The third kappa shape index (κ3) is 3.72. The lowest BCUT2D eigenvalue weighted by molar-refractivity contribution is 0.0967. The fraction of sp³-hybridized carbons (Fsp3) is 0.0588. The van der Waals surface area contributed by atoms with Crippen molar-refractivity contribution < 1.29 is 4.79 Å². The molecule has 0 bridgehead atoms. The van der Waals surface area contributed by atoms with Crippen LogP contribution in [0.2, 0.25) is 5.02 Å². The van der Waals surface area contributed by atoms with Crippen molar-refractivity contribution in [1.82, 2.24) is 9.78 Å². The average Bonchev–Trinajstić information content (AvgIpc) is 3.17. The lowest BCUT2D eigenvalue weighted by Gasteiger charge is -2.01. The fourth-order valence-corrected chi connectivity index (χ4v) is 2.73. The van der Waals surface area contributed by atoms with Gasteiger partial charge in [-0.15, -0.1) is 11.3 Å². The Morgan fingerprint density at radius 1 is 1.18 bits per heavy atom. The van der Waals surface area contributed by atoms with Gasteiger partial charge < -0.3 is 0 Å². The molecule has 0 N–H and O–H groups in total. The monoisotopic (exact) mass is 328 g/mol. The van der Waals surface area contributed by atoms with Crippen LogP contribution in [0.1, 0.15) is 20.9 Å². The summed E-state index contributed by atoms with van der Waals surface area (Å²) in [5, 5.41) is 7.03. The van der Waals surface area contributed by atoms with Crippen LogP contribution in [-0.4, -0.2) is 15.6 Å². The molecule has 0 atom stereocenters. The van der Waals surface area contributed by atoms with Gasteiger partial charge in [-0.05, 0) is 53.9 Å². The van der Waals surface area contributed by atoms with Gasteiger partial charge in [-0.3, -0.25) is 9.48 Å². The van der Waals surface area contributed by atoms with Gasteiger partial charge in [0.15, 0.2) is 5.78 Å². The van der Waals surface area contributed by atoms with Gasteiger partial charge in [0, 0.05) is 21.7 Å². The SMILES string of the molecule is O=C(Cn1ccc(/C=C/c2cccs2)n1)c1ccc(Cl)cc1. The van der Waals surface area contributed by atoms with E-state index in [1.165, 1.54) is 4.88 Å². The fourth-order valence-electron chi connectivity index (χ4n) is 1.98. The van der Waals surface area contributed by atoms with Crippen LogP contribution in [0.4, 0.5) is 0 Å². The molecule has 3 nitrogen and oxygen atoms in total. The number of carbonyl (C=O) groups excluding carboxylic acids is 1. The highest BCUT2D eigenvalue weighted by Crippen LogP contribution is 2.13. The van der Waals surface area contributed by atoms with Gasteiger partial charge in [-0.25, -0.2) is 0 Å². The maximum atomic E-state index is 12.2. The number of carbonyl (C=O) groups is 1. The van der Waals surface area contributed by atoms with Crippen LogP contribution in [0.15, 0.2) is 54.0 Å². The molecule has 2 heterocycles. The number of nitrogens with zero attached hydrogens (tertiary/aromatic N) is 2. The first-order valence-electron chi connectivity index (χ1n) is 6.74. The Kier molecular flexibility index (Phi) is 4.51. The van der Waals surface area contributed by atoms with E-state index in [-0.39, 0.29) is 12.3 Å². The van der Waals surface area contributed by atoms with Crippen LogP contribution in [0.25, 0.3) is 12.2 Å². The number of aromatic nitrogens is 2. The molecular formula is C17H13ClN2OS. The highest BCUT2D eigenvalue weighted by atomic mass is 35.5. The second-order valence-electron chi connectivity index (χ2n) is 4.72. The molecule has 5 heteroatoms. The molecule has 0 fully saturated rings. The van der Waals surface area contributed by atoms with Crippen molar-refractivity contribution in [3.63, 3.8) is 0 Å². The van der Waals surface area contributed by atoms with Gasteiger partial charge in [0.25, 0.3) is 0 Å². The quantitative estimate of drug-likeness (QED) is 0.639. The van der Waals surface area contributed by atoms with Crippen LogP contribution in [-0.2, 0) is 6.54 Å². The van der Waals surface area contributed by atoms with E-state index in [2.05, 4.69) is 5.10 Å². The summed E-state index contributed by atoms with van der Waals surface area (Å²) in [6, 6.07) is 12.8. The largest absolute Gasteiger partial charge is 0.292 e. The van der Waals surface area contributed by atoms with Crippen molar-refractivity contribution in [2.24, 2.45) is 0 Å². The molecule has 0 radical (unpaired) electrons. The molecule has 0 aliphatic rings. The third-order valence-electron chi connectivity index (χ3n) is 3.09. The van der Waals surface area contributed by atoms with Crippen molar-refractivity contribution in [1.29, 1.82) is 0 Å². The average molecular weight is 329 g/mol. The zero-order valence-corrected chi connectivity index (χ0v) is 13.2. The lowest BCUT2D eigenvalue weighted by atomic mass is 10.1. The van der Waals surface area contributed by atoms with Crippen molar-refractivity contribution in [2.75, 3.05) is 0 Å². The summed E-state index contributed by atoms with van der Waals surface area (Å²) >= 11 is 7.49. The molecule has 22 heavy (non-hydrogen) atoms. The molecule has 3 aromatic rings. The smallest absolute Gasteiger partial charge is 0.184 e. The standard InChI is InChI=1S/C17H13ClN2OS/c18-14-5-3-13(4-6-14)17(21)12-20-10-9-15(19-20)7-8-16-2-1-11-22-16/h1-11H,12H2/b8-7+. The maximum Gasteiger partial charge on any atom is 0.184 e. The van der Waals surface area contributed by atoms with E-state index in [9.17, 15) is 4.79 Å². The summed E-state index contributed by atoms with van der Waals surface area (Å²) in [6.45, 7) is 0.217. The zero-order chi connectivity index (χ0) is 15.4. The topological polar surface area (TPSA) is 34.9 Å².